The van der Waals surface area contributed by atoms with E-state index in [0.717, 1.165) is 12.8 Å². The van der Waals surface area contributed by atoms with E-state index in [9.17, 15) is 14.7 Å². The molecule has 2 heterocycles. The zero-order chi connectivity index (χ0) is 17.8. The number of likely N-dealkylation sites (tertiary alicyclic amines) is 1. The predicted octanol–water partition coefficient (Wildman–Crippen LogP) is 2.05. The van der Waals surface area contributed by atoms with Gasteiger partial charge < -0.3 is 19.5 Å². The predicted molar refractivity (Wildman–Crippen MR) is 89.7 cm³/mol. The van der Waals surface area contributed by atoms with Crippen molar-refractivity contribution in [3.63, 3.8) is 0 Å². The van der Waals surface area contributed by atoms with Crippen molar-refractivity contribution in [2.24, 2.45) is 23.7 Å². The standard InChI is InChI=1S/C19H27NO5/c1-11(2)14-12-3-4-13(14)16(18(22)23)15(12)17(21)20-7-5-19(6-8-20)24-9-10-25-19/h12-13,15-16H,3-10H2,1-2H3,(H,22,23)/t12-,13-,15+,16-/m0/s1. The number of amides is 1. The SMILES string of the molecule is CC(C)=C1[C@@H]2CC[C@@H]1[C@@H](C(=O)N1CCC3(CC1)OCCO3)[C@H]2C(=O)O. The summed E-state index contributed by atoms with van der Waals surface area (Å²) in [5.41, 5.74) is 2.43. The van der Waals surface area contributed by atoms with E-state index in [1.54, 1.807) is 0 Å². The van der Waals surface area contributed by atoms with Crippen LogP contribution in [0, 0.1) is 23.7 Å². The van der Waals surface area contributed by atoms with Crippen molar-refractivity contribution in [2.75, 3.05) is 26.3 Å². The van der Waals surface area contributed by atoms with Crippen molar-refractivity contribution in [1.29, 1.82) is 0 Å². The van der Waals surface area contributed by atoms with Crippen molar-refractivity contribution in [1.82, 2.24) is 4.90 Å². The number of piperidine rings is 1. The minimum absolute atomic E-state index is 0.0196. The van der Waals surface area contributed by atoms with Gasteiger partial charge in [0.05, 0.1) is 25.0 Å². The number of ether oxygens (including phenoxy) is 2. The summed E-state index contributed by atoms with van der Waals surface area (Å²) in [5, 5.41) is 9.79. The highest BCUT2D eigenvalue weighted by molar-refractivity contribution is 5.87. The lowest BCUT2D eigenvalue weighted by molar-refractivity contribution is -0.189. The molecule has 6 heteroatoms. The number of hydrogen-bond donors (Lipinski definition) is 1. The van der Waals surface area contributed by atoms with Gasteiger partial charge in [-0.1, -0.05) is 11.1 Å². The molecule has 0 radical (unpaired) electrons. The molecule has 0 aromatic carbocycles. The van der Waals surface area contributed by atoms with Crippen molar-refractivity contribution in [3.05, 3.63) is 11.1 Å². The van der Waals surface area contributed by atoms with Crippen LogP contribution in [0.4, 0.5) is 0 Å². The fourth-order valence-corrected chi connectivity index (χ4v) is 5.65. The van der Waals surface area contributed by atoms with Crippen LogP contribution in [-0.4, -0.2) is 54.0 Å². The molecule has 2 saturated carbocycles. The van der Waals surface area contributed by atoms with Crippen LogP contribution in [0.2, 0.25) is 0 Å². The summed E-state index contributed by atoms with van der Waals surface area (Å²) in [4.78, 5) is 27.0. The highest BCUT2D eigenvalue weighted by Crippen LogP contribution is 2.57. The van der Waals surface area contributed by atoms with Gasteiger partial charge in [-0.05, 0) is 38.5 Å². The largest absolute Gasteiger partial charge is 0.481 e. The zero-order valence-electron chi connectivity index (χ0n) is 15.0. The molecule has 4 atom stereocenters. The normalized spacial score (nSPS) is 36.2. The Morgan fingerprint density at radius 1 is 1.04 bits per heavy atom. The quantitative estimate of drug-likeness (QED) is 0.772. The van der Waals surface area contributed by atoms with Gasteiger partial charge in [-0.15, -0.1) is 0 Å². The van der Waals surface area contributed by atoms with Gasteiger partial charge in [-0.25, -0.2) is 0 Å². The van der Waals surface area contributed by atoms with Gasteiger partial charge in [-0.3, -0.25) is 9.59 Å². The lowest BCUT2D eigenvalue weighted by Crippen LogP contribution is -2.51. The fraction of sp³-hybridized carbons (Fsp3) is 0.789. The molecule has 4 aliphatic rings. The first-order valence-corrected chi connectivity index (χ1v) is 9.40. The number of carboxylic acid groups (broad SMARTS) is 1. The van der Waals surface area contributed by atoms with E-state index in [1.165, 1.54) is 11.1 Å². The molecule has 2 aliphatic heterocycles. The van der Waals surface area contributed by atoms with E-state index < -0.39 is 23.6 Å². The highest BCUT2D eigenvalue weighted by Gasteiger charge is 2.58. The maximum atomic E-state index is 13.2. The molecular weight excluding hydrogens is 322 g/mol. The molecule has 0 unspecified atom stereocenters. The summed E-state index contributed by atoms with van der Waals surface area (Å²) >= 11 is 0. The second-order valence-corrected chi connectivity index (χ2v) is 8.07. The van der Waals surface area contributed by atoms with Crippen LogP contribution in [0.25, 0.3) is 0 Å². The summed E-state index contributed by atoms with van der Waals surface area (Å²) in [6.45, 7) is 6.50. The Bertz CT molecular complexity index is 607. The Morgan fingerprint density at radius 3 is 2.12 bits per heavy atom. The molecule has 6 nitrogen and oxygen atoms in total. The van der Waals surface area contributed by atoms with E-state index in [2.05, 4.69) is 0 Å². The van der Waals surface area contributed by atoms with Crippen LogP contribution in [0.5, 0.6) is 0 Å². The van der Waals surface area contributed by atoms with Gasteiger partial charge in [0.2, 0.25) is 5.91 Å². The first kappa shape index (κ1) is 17.0. The third-order valence-corrected chi connectivity index (χ3v) is 6.64. The number of fused-ring (bicyclic) bond motifs is 2. The Kier molecular flexibility index (Phi) is 4.15. The molecule has 1 N–H and O–H groups in total. The van der Waals surface area contributed by atoms with E-state index in [0.29, 0.717) is 39.1 Å². The number of aliphatic carboxylic acids is 1. The van der Waals surface area contributed by atoms with Crippen LogP contribution in [0.15, 0.2) is 11.1 Å². The summed E-state index contributed by atoms with van der Waals surface area (Å²) in [6.07, 6.45) is 3.19. The molecule has 1 amide bonds. The molecule has 2 bridgehead atoms. The van der Waals surface area contributed by atoms with Gasteiger partial charge in [0.15, 0.2) is 5.79 Å². The average Bonchev–Trinajstić information content (AvgIpc) is 3.28. The number of rotatable bonds is 2. The van der Waals surface area contributed by atoms with Crippen molar-refractivity contribution in [2.45, 2.75) is 45.3 Å². The number of nitrogens with zero attached hydrogens (tertiary/aromatic N) is 1. The highest BCUT2D eigenvalue weighted by atomic mass is 16.7. The fourth-order valence-electron chi connectivity index (χ4n) is 5.65. The Morgan fingerprint density at radius 2 is 1.60 bits per heavy atom. The van der Waals surface area contributed by atoms with Gasteiger partial charge in [-0.2, -0.15) is 0 Å². The summed E-state index contributed by atoms with van der Waals surface area (Å²) < 4.78 is 11.5. The summed E-state index contributed by atoms with van der Waals surface area (Å²) in [5.74, 6) is -2.13. The van der Waals surface area contributed by atoms with Crippen LogP contribution in [-0.2, 0) is 19.1 Å². The molecule has 4 fully saturated rings. The number of carboxylic acids is 1. The summed E-state index contributed by atoms with van der Waals surface area (Å²) in [6, 6.07) is 0. The van der Waals surface area contributed by atoms with Crippen molar-refractivity contribution >= 4 is 11.9 Å². The van der Waals surface area contributed by atoms with Gasteiger partial charge in [0, 0.05) is 25.9 Å². The van der Waals surface area contributed by atoms with Crippen LogP contribution in [0.3, 0.4) is 0 Å². The molecule has 1 spiro atoms. The molecule has 2 saturated heterocycles. The van der Waals surface area contributed by atoms with E-state index in [-0.39, 0.29) is 17.7 Å². The average molecular weight is 349 g/mol. The maximum absolute atomic E-state index is 13.2. The first-order chi connectivity index (χ1) is 11.9. The number of carbonyl (C=O) groups excluding carboxylic acids is 1. The molecule has 138 valence electrons. The first-order valence-electron chi connectivity index (χ1n) is 9.40. The van der Waals surface area contributed by atoms with Crippen LogP contribution >= 0.6 is 0 Å². The second kappa shape index (κ2) is 6.09. The van der Waals surface area contributed by atoms with Gasteiger partial charge in [0.25, 0.3) is 0 Å². The monoisotopic (exact) mass is 349 g/mol. The lowest BCUT2D eigenvalue weighted by atomic mass is 9.78. The van der Waals surface area contributed by atoms with Crippen molar-refractivity contribution < 1.29 is 24.2 Å². The number of hydrogen-bond acceptors (Lipinski definition) is 4. The van der Waals surface area contributed by atoms with Crippen LogP contribution < -0.4 is 0 Å². The van der Waals surface area contributed by atoms with Crippen molar-refractivity contribution in [3.8, 4) is 0 Å². The minimum Gasteiger partial charge on any atom is -0.481 e. The third kappa shape index (κ3) is 2.61. The van der Waals surface area contributed by atoms with E-state index in [1.807, 2.05) is 18.7 Å². The molecule has 0 aromatic rings. The smallest absolute Gasteiger partial charge is 0.307 e. The third-order valence-electron chi connectivity index (χ3n) is 6.64. The Hall–Kier alpha value is -1.40. The summed E-state index contributed by atoms with van der Waals surface area (Å²) in [7, 11) is 0. The minimum atomic E-state index is -0.819. The lowest BCUT2D eigenvalue weighted by Gasteiger charge is -2.40. The maximum Gasteiger partial charge on any atom is 0.307 e. The number of allylic oxidation sites excluding steroid dienone is 2. The van der Waals surface area contributed by atoms with E-state index in [4.69, 9.17) is 9.47 Å². The zero-order valence-corrected chi connectivity index (χ0v) is 15.0. The van der Waals surface area contributed by atoms with E-state index >= 15 is 0 Å². The Balaban J connectivity index is 1.53. The molecule has 4 rings (SSSR count). The number of carbonyl (C=O) groups is 2. The Labute approximate surface area is 148 Å². The molecule has 25 heavy (non-hydrogen) atoms. The topological polar surface area (TPSA) is 76.1 Å². The second-order valence-electron chi connectivity index (χ2n) is 8.07. The molecule has 2 aliphatic carbocycles. The molecular formula is C19H27NO5. The van der Waals surface area contributed by atoms with Gasteiger partial charge >= 0.3 is 5.97 Å². The molecule has 0 aromatic heterocycles. The van der Waals surface area contributed by atoms with Gasteiger partial charge in [0.1, 0.15) is 0 Å². The van der Waals surface area contributed by atoms with Crippen LogP contribution in [0.1, 0.15) is 39.5 Å².